The number of rotatable bonds is 4. The molecule has 0 bridgehead atoms. The highest BCUT2D eigenvalue weighted by molar-refractivity contribution is 5.46. The molecule has 0 N–H and O–H groups in total. The zero-order valence-corrected chi connectivity index (χ0v) is 12.0. The summed E-state index contributed by atoms with van der Waals surface area (Å²) in [6.45, 7) is 8.18. The number of likely N-dealkylation sites (N-methyl/N-ethyl adjacent to an activating group) is 1. The molecule has 0 saturated carbocycles. The van der Waals surface area contributed by atoms with Crippen molar-refractivity contribution in [1.82, 2.24) is 14.5 Å². The molecule has 1 aromatic heterocycles. The van der Waals surface area contributed by atoms with Crippen LogP contribution in [0.5, 0.6) is 0 Å². The van der Waals surface area contributed by atoms with Crippen LogP contribution in [0.4, 0.5) is 5.95 Å². The van der Waals surface area contributed by atoms with Crippen LogP contribution in [0.15, 0.2) is 42.0 Å². The normalized spacial score (nSPS) is 10.3. The number of hydrogen-bond acceptors (Lipinski definition) is 4. The third kappa shape index (κ3) is 2.61. The van der Waals surface area contributed by atoms with Gasteiger partial charge in [-0.25, -0.2) is 9.78 Å². The Labute approximate surface area is 118 Å². The summed E-state index contributed by atoms with van der Waals surface area (Å²) in [5.41, 5.74) is 2.55. The molecular weight excluding hydrogens is 252 g/mol. The molecule has 5 heteroatoms. The van der Waals surface area contributed by atoms with Crippen LogP contribution in [0.3, 0.4) is 0 Å². The third-order valence-electron chi connectivity index (χ3n) is 3.12. The van der Waals surface area contributed by atoms with Gasteiger partial charge in [0.2, 0.25) is 5.95 Å². The van der Waals surface area contributed by atoms with Gasteiger partial charge in [0.15, 0.2) is 0 Å². The van der Waals surface area contributed by atoms with Crippen LogP contribution in [-0.2, 0) is 0 Å². The van der Waals surface area contributed by atoms with E-state index in [1.54, 1.807) is 11.0 Å². The lowest BCUT2D eigenvalue weighted by molar-refractivity contribution is 0.816. The summed E-state index contributed by atoms with van der Waals surface area (Å²) in [6.07, 6.45) is 3.26. The van der Waals surface area contributed by atoms with E-state index in [2.05, 4.69) is 16.5 Å². The van der Waals surface area contributed by atoms with E-state index in [9.17, 15) is 4.79 Å². The number of anilines is 1. The average Bonchev–Trinajstić information content (AvgIpc) is 2.40. The van der Waals surface area contributed by atoms with Crippen LogP contribution in [0.1, 0.15) is 11.1 Å². The minimum Gasteiger partial charge on any atom is -0.340 e. The number of para-hydroxylation sites is 1. The predicted molar refractivity (Wildman–Crippen MR) is 80.6 cm³/mol. The van der Waals surface area contributed by atoms with Crippen molar-refractivity contribution in [1.29, 1.82) is 0 Å². The second kappa shape index (κ2) is 5.69. The molecule has 1 heterocycles. The van der Waals surface area contributed by atoms with Gasteiger partial charge in [0.05, 0.1) is 5.69 Å². The quantitative estimate of drug-likeness (QED) is 0.796. The molecule has 0 saturated heterocycles. The van der Waals surface area contributed by atoms with E-state index in [-0.39, 0.29) is 5.69 Å². The molecule has 0 aliphatic carbocycles. The van der Waals surface area contributed by atoms with E-state index < -0.39 is 0 Å². The molecule has 0 unspecified atom stereocenters. The van der Waals surface area contributed by atoms with Gasteiger partial charge in [-0.15, -0.1) is 6.58 Å². The van der Waals surface area contributed by atoms with Crippen LogP contribution in [-0.4, -0.2) is 28.1 Å². The summed E-state index contributed by atoms with van der Waals surface area (Å²) in [5, 5.41) is 0. The summed E-state index contributed by atoms with van der Waals surface area (Å²) >= 11 is 0. The maximum absolute atomic E-state index is 12.2. The fourth-order valence-corrected chi connectivity index (χ4v) is 2.13. The molecule has 0 amide bonds. The van der Waals surface area contributed by atoms with E-state index in [0.717, 1.165) is 16.8 Å². The van der Waals surface area contributed by atoms with Crippen LogP contribution in [0.25, 0.3) is 5.69 Å². The fourth-order valence-electron chi connectivity index (χ4n) is 2.13. The summed E-state index contributed by atoms with van der Waals surface area (Å²) in [6, 6.07) is 5.89. The molecule has 1 aromatic carbocycles. The second-order valence-electron chi connectivity index (χ2n) is 4.72. The summed E-state index contributed by atoms with van der Waals surface area (Å²) < 4.78 is 1.48. The van der Waals surface area contributed by atoms with E-state index in [4.69, 9.17) is 0 Å². The van der Waals surface area contributed by atoms with Gasteiger partial charge < -0.3 is 4.90 Å². The Morgan fingerprint density at radius 2 is 2.00 bits per heavy atom. The van der Waals surface area contributed by atoms with Gasteiger partial charge in [0, 0.05) is 13.6 Å². The van der Waals surface area contributed by atoms with Crippen molar-refractivity contribution in [3.63, 3.8) is 0 Å². The Kier molecular flexibility index (Phi) is 3.98. The molecular formula is C15H18N4O. The van der Waals surface area contributed by atoms with Gasteiger partial charge in [0.25, 0.3) is 0 Å². The largest absolute Gasteiger partial charge is 0.356 e. The lowest BCUT2D eigenvalue weighted by Gasteiger charge is -2.16. The average molecular weight is 270 g/mol. The van der Waals surface area contributed by atoms with Crippen LogP contribution >= 0.6 is 0 Å². The number of aryl methyl sites for hydroxylation is 2. The molecule has 5 nitrogen and oxygen atoms in total. The first-order valence-corrected chi connectivity index (χ1v) is 6.39. The van der Waals surface area contributed by atoms with Crippen LogP contribution in [0, 0.1) is 13.8 Å². The Morgan fingerprint density at radius 3 is 2.55 bits per heavy atom. The van der Waals surface area contributed by atoms with Gasteiger partial charge in [-0.2, -0.15) is 4.98 Å². The second-order valence-corrected chi connectivity index (χ2v) is 4.72. The lowest BCUT2D eigenvalue weighted by Crippen LogP contribution is -2.28. The monoisotopic (exact) mass is 270 g/mol. The molecule has 0 aliphatic heterocycles. The summed E-state index contributed by atoms with van der Waals surface area (Å²) in [5.74, 6) is 0.400. The van der Waals surface area contributed by atoms with E-state index in [0.29, 0.717) is 12.5 Å². The van der Waals surface area contributed by atoms with Gasteiger partial charge in [0.1, 0.15) is 6.33 Å². The highest BCUT2D eigenvalue weighted by Crippen LogP contribution is 2.16. The van der Waals surface area contributed by atoms with Crippen molar-refractivity contribution in [3.8, 4) is 5.69 Å². The van der Waals surface area contributed by atoms with Crippen molar-refractivity contribution in [2.75, 3.05) is 18.5 Å². The minimum atomic E-state index is -0.330. The van der Waals surface area contributed by atoms with E-state index in [1.165, 1.54) is 10.9 Å². The van der Waals surface area contributed by atoms with Crippen molar-refractivity contribution in [3.05, 3.63) is 58.8 Å². The van der Waals surface area contributed by atoms with E-state index >= 15 is 0 Å². The van der Waals surface area contributed by atoms with Crippen LogP contribution < -0.4 is 10.6 Å². The standard InChI is InChI=1S/C15H18N4O/c1-5-9-18(4)14-16-10-19(15(20)17-14)13-11(2)7-6-8-12(13)3/h5-8,10H,1,9H2,2-4H3. The molecule has 2 rings (SSSR count). The number of benzene rings is 1. The Balaban J connectivity index is 2.50. The summed E-state index contributed by atoms with van der Waals surface area (Å²) in [7, 11) is 1.82. The highest BCUT2D eigenvalue weighted by Gasteiger charge is 2.10. The zero-order valence-electron chi connectivity index (χ0n) is 12.0. The van der Waals surface area contributed by atoms with Crippen molar-refractivity contribution >= 4 is 5.95 Å². The van der Waals surface area contributed by atoms with Crippen LogP contribution in [0.2, 0.25) is 0 Å². The third-order valence-corrected chi connectivity index (χ3v) is 3.12. The first kappa shape index (κ1) is 14.0. The van der Waals surface area contributed by atoms with E-state index in [1.807, 2.05) is 39.1 Å². The number of hydrogen-bond donors (Lipinski definition) is 0. The van der Waals surface area contributed by atoms with Gasteiger partial charge >= 0.3 is 5.69 Å². The molecule has 104 valence electrons. The smallest absolute Gasteiger partial charge is 0.340 e. The maximum atomic E-state index is 12.2. The molecule has 2 aromatic rings. The Morgan fingerprint density at radius 1 is 1.35 bits per heavy atom. The van der Waals surface area contributed by atoms with Crippen molar-refractivity contribution in [2.24, 2.45) is 0 Å². The predicted octanol–water partition coefficient (Wildman–Crippen LogP) is 1.87. The Bertz CT molecular complexity index is 670. The molecule has 20 heavy (non-hydrogen) atoms. The van der Waals surface area contributed by atoms with Crippen molar-refractivity contribution in [2.45, 2.75) is 13.8 Å². The molecule has 0 radical (unpaired) electrons. The lowest BCUT2D eigenvalue weighted by atomic mass is 10.1. The highest BCUT2D eigenvalue weighted by atomic mass is 16.1. The van der Waals surface area contributed by atoms with Crippen molar-refractivity contribution < 1.29 is 0 Å². The minimum absolute atomic E-state index is 0.330. The molecule has 0 atom stereocenters. The summed E-state index contributed by atoms with van der Waals surface area (Å²) in [4.78, 5) is 22.3. The maximum Gasteiger partial charge on any atom is 0.356 e. The number of nitrogens with zero attached hydrogens (tertiary/aromatic N) is 4. The molecule has 0 fully saturated rings. The Hall–Kier alpha value is -2.43. The topological polar surface area (TPSA) is 51.0 Å². The molecule has 0 aliphatic rings. The zero-order chi connectivity index (χ0) is 14.7. The first-order valence-electron chi connectivity index (χ1n) is 6.39. The van der Waals surface area contributed by atoms with Gasteiger partial charge in [-0.3, -0.25) is 4.57 Å². The van der Waals surface area contributed by atoms with Gasteiger partial charge in [-0.1, -0.05) is 24.3 Å². The fraction of sp³-hybridized carbons (Fsp3) is 0.267. The number of aromatic nitrogens is 3. The SMILES string of the molecule is C=CCN(C)c1ncn(-c2c(C)cccc2C)c(=O)n1. The first-order chi connectivity index (χ1) is 9.54. The van der Waals surface area contributed by atoms with Gasteiger partial charge in [-0.05, 0) is 25.0 Å². The molecule has 0 spiro atoms.